The molecule has 0 fully saturated rings. The standard InChI is InChI=1S/C26H33N5O3/c1-17(2)13-26(6,30-24(32)34-25(3,4)5)15-33-21-9-8-18(12-19(21)14-27)22-20-10-11-31(7)23(20)29-16-28-22/h8-12,16-17H,13,15H2,1-7H3,(H,30,32)/t26-/m0/s1. The average molecular weight is 464 g/mol. The Bertz CT molecular complexity index is 1220. The second-order valence-electron chi connectivity index (χ2n) is 10.3. The normalized spacial score (nSPS) is 13.4. The molecule has 3 rings (SSSR count). The number of aromatic nitrogens is 3. The summed E-state index contributed by atoms with van der Waals surface area (Å²) in [6.07, 6.45) is 3.64. The van der Waals surface area contributed by atoms with Crippen LogP contribution in [0.5, 0.6) is 5.75 Å². The van der Waals surface area contributed by atoms with E-state index in [1.807, 2.05) is 57.6 Å². The smallest absolute Gasteiger partial charge is 0.408 e. The molecule has 0 aliphatic heterocycles. The van der Waals surface area contributed by atoms with Crippen molar-refractivity contribution in [1.82, 2.24) is 19.9 Å². The number of hydrogen-bond donors (Lipinski definition) is 1. The van der Waals surface area contributed by atoms with E-state index >= 15 is 0 Å². The number of nitrogens with zero attached hydrogens (tertiary/aromatic N) is 4. The van der Waals surface area contributed by atoms with E-state index in [-0.39, 0.29) is 6.61 Å². The fourth-order valence-electron chi connectivity index (χ4n) is 4.03. The molecule has 8 heteroatoms. The molecule has 0 unspecified atom stereocenters. The van der Waals surface area contributed by atoms with Crippen LogP contribution in [0.25, 0.3) is 22.3 Å². The van der Waals surface area contributed by atoms with Crippen LogP contribution in [0.1, 0.15) is 53.5 Å². The van der Waals surface area contributed by atoms with Crippen LogP contribution in [0.2, 0.25) is 0 Å². The average Bonchev–Trinajstić information content (AvgIpc) is 3.11. The van der Waals surface area contributed by atoms with Crippen molar-refractivity contribution in [3.05, 3.63) is 42.4 Å². The molecule has 0 spiro atoms. The zero-order valence-electron chi connectivity index (χ0n) is 21.0. The Morgan fingerprint density at radius 2 is 1.94 bits per heavy atom. The molecule has 8 nitrogen and oxygen atoms in total. The molecular weight excluding hydrogens is 430 g/mol. The number of carbonyl (C=O) groups excluding carboxylic acids is 1. The van der Waals surface area contributed by atoms with Crippen molar-refractivity contribution in [2.75, 3.05) is 6.61 Å². The number of hydrogen-bond acceptors (Lipinski definition) is 6. The molecule has 0 aliphatic carbocycles. The number of nitriles is 1. The van der Waals surface area contributed by atoms with Crippen LogP contribution in [-0.2, 0) is 11.8 Å². The number of benzene rings is 1. The second kappa shape index (κ2) is 9.72. The molecule has 2 aromatic heterocycles. The molecule has 180 valence electrons. The first-order chi connectivity index (χ1) is 15.9. The van der Waals surface area contributed by atoms with Crippen molar-refractivity contribution in [1.29, 1.82) is 5.26 Å². The minimum absolute atomic E-state index is 0.189. The van der Waals surface area contributed by atoms with Gasteiger partial charge in [-0.2, -0.15) is 5.26 Å². The summed E-state index contributed by atoms with van der Waals surface area (Å²) in [5, 5.41) is 13.7. The molecule has 2 heterocycles. The largest absolute Gasteiger partial charge is 0.490 e. The zero-order chi connectivity index (χ0) is 25.1. The van der Waals surface area contributed by atoms with Crippen LogP contribution in [0, 0.1) is 17.2 Å². The van der Waals surface area contributed by atoms with Crippen molar-refractivity contribution in [3.63, 3.8) is 0 Å². The lowest BCUT2D eigenvalue weighted by atomic mass is 9.91. The number of amides is 1. The van der Waals surface area contributed by atoms with E-state index < -0.39 is 17.2 Å². The van der Waals surface area contributed by atoms with Crippen LogP contribution >= 0.6 is 0 Å². The summed E-state index contributed by atoms with van der Waals surface area (Å²) in [6.45, 7) is 11.7. The molecule has 0 bridgehead atoms. The number of aryl methyl sites for hydroxylation is 1. The predicted octanol–water partition coefficient (Wildman–Crippen LogP) is 5.22. The van der Waals surface area contributed by atoms with Gasteiger partial charge in [0.15, 0.2) is 0 Å². The molecule has 34 heavy (non-hydrogen) atoms. The SMILES string of the molecule is CC(C)C[C@@](C)(COc1ccc(-c2ncnc3c2ccn3C)cc1C#N)NC(=O)OC(C)(C)C. The van der Waals surface area contributed by atoms with Gasteiger partial charge in [-0.05, 0) is 64.3 Å². The molecular formula is C26H33N5O3. The Balaban J connectivity index is 1.83. The first-order valence-corrected chi connectivity index (χ1v) is 11.4. The fourth-order valence-corrected chi connectivity index (χ4v) is 4.03. The summed E-state index contributed by atoms with van der Waals surface area (Å²) in [5.74, 6) is 0.762. The summed E-state index contributed by atoms with van der Waals surface area (Å²) in [6, 6.07) is 9.60. The van der Waals surface area contributed by atoms with Gasteiger partial charge in [0, 0.05) is 24.2 Å². The van der Waals surface area contributed by atoms with Gasteiger partial charge in [0.2, 0.25) is 0 Å². The van der Waals surface area contributed by atoms with E-state index in [0.29, 0.717) is 23.7 Å². The van der Waals surface area contributed by atoms with Gasteiger partial charge in [-0.1, -0.05) is 13.8 Å². The van der Waals surface area contributed by atoms with Crippen molar-refractivity contribution < 1.29 is 14.3 Å². The highest BCUT2D eigenvalue weighted by Gasteiger charge is 2.31. The van der Waals surface area contributed by atoms with Crippen molar-refractivity contribution in [3.8, 4) is 23.1 Å². The van der Waals surface area contributed by atoms with Crippen LogP contribution in [0.3, 0.4) is 0 Å². The van der Waals surface area contributed by atoms with E-state index in [2.05, 4.69) is 35.2 Å². The zero-order valence-corrected chi connectivity index (χ0v) is 21.0. The second-order valence-corrected chi connectivity index (χ2v) is 10.3. The molecule has 0 saturated carbocycles. The fraction of sp³-hybridized carbons (Fsp3) is 0.462. The highest BCUT2D eigenvalue weighted by molar-refractivity contribution is 5.91. The summed E-state index contributed by atoms with van der Waals surface area (Å²) in [4.78, 5) is 21.2. The lowest BCUT2D eigenvalue weighted by Crippen LogP contribution is -2.52. The van der Waals surface area contributed by atoms with Gasteiger partial charge < -0.3 is 19.4 Å². The number of nitrogens with one attached hydrogen (secondary N) is 1. The first-order valence-electron chi connectivity index (χ1n) is 11.4. The minimum Gasteiger partial charge on any atom is -0.490 e. The Hall–Kier alpha value is -3.60. The minimum atomic E-state index is -0.676. The van der Waals surface area contributed by atoms with Gasteiger partial charge in [-0.3, -0.25) is 0 Å². The van der Waals surface area contributed by atoms with Crippen molar-refractivity contribution >= 4 is 17.1 Å². The summed E-state index contributed by atoms with van der Waals surface area (Å²) >= 11 is 0. The third-order valence-corrected chi connectivity index (χ3v) is 5.24. The summed E-state index contributed by atoms with van der Waals surface area (Å²) in [5.41, 5.74) is 1.50. The Morgan fingerprint density at radius 3 is 2.59 bits per heavy atom. The van der Waals surface area contributed by atoms with E-state index in [0.717, 1.165) is 22.3 Å². The predicted molar refractivity (Wildman–Crippen MR) is 131 cm³/mol. The van der Waals surface area contributed by atoms with E-state index in [1.165, 1.54) is 6.33 Å². The maximum atomic E-state index is 12.4. The summed E-state index contributed by atoms with van der Waals surface area (Å²) < 4.78 is 13.4. The van der Waals surface area contributed by atoms with Gasteiger partial charge in [-0.15, -0.1) is 0 Å². The molecule has 1 atom stereocenters. The van der Waals surface area contributed by atoms with Gasteiger partial charge in [0.05, 0.1) is 16.8 Å². The molecule has 1 aromatic carbocycles. The quantitative estimate of drug-likeness (QED) is 0.516. The first kappa shape index (κ1) is 25.0. The number of fused-ring (bicyclic) bond motifs is 1. The van der Waals surface area contributed by atoms with Gasteiger partial charge in [-0.25, -0.2) is 14.8 Å². The van der Waals surface area contributed by atoms with Gasteiger partial charge >= 0.3 is 6.09 Å². The maximum absolute atomic E-state index is 12.4. The number of ether oxygens (including phenoxy) is 2. The van der Waals surface area contributed by atoms with Crippen LogP contribution in [-0.4, -0.2) is 38.4 Å². The topological polar surface area (TPSA) is 102 Å². The molecule has 1 N–H and O–H groups in total. The van der Waals surface area contributed by atoms with Gasteiger partial charge in [0.25, 0.3) is 0 Å². The number of alkyl carbamates (subject to hydrolysis) is 1. The number of carbonyl (C=O) groups is 1. The molecule has 0 saturated heterocycles. The number of rotatable bonds is 7. The molecule has 3 aromatic rings. The summed E-state index contributed by atoms with van der Waals surface area (Å²) in [7, 11) is 1.93. The lowest BCUT2D eigenvalue weighted by molar-refractivity contribution is 0.0408. The highest BCUT2D eigenvalue weighted by atomic mass is 16.6. The Labute approximate surface area is 200 Å². The Kier molecular flexibility index (Phi) is 7.15. The molecule has 0 aliphatic rings. The van der Waals surface area contributed by atoms with E-state index in [1.54, 1.807) is 12.1 Å². The van der Waals surface area contributed by atoms with E-state index in [9.17, 15) is 10.1 Å². The Morgan fingerprint density at radius 1 is 1.21 bits per heavy atom. The monoisotopic (exact) mass is 463 g/mol. The molecule has 1 amide bonds. The van der Waals surface area contributed by atoms with Crippen LogP contribution < -0.4 is 10.1 Å². The third kappa shape index (κ3) is 6.04. The molecule has 0 radical (unpaired) electrons. The van der Waals surface area contributed by atoms with Gasteiger partial charge in [0.1, 0.15) is 36.0 Å². The van der Waals surface area contributed by atoms with Crippen LogP contribution in [0.15, 0.2) is 36.8 Å². The van der Waals surface area contributed by atoms with Crippen LogP contribution in [0.4, 0.5) is 4.79 Å². The maximum Gasteiger partial charge on any atom is 0.408 e. The third-order valence-electron chi connectivity index (χ3n) is 5.24. The van der Waals surface area contributed by atoms with E-state index in [4.69, 9.17) is 9.47 Å². The lowest BCUT2D eigenvalue weighted by Gasteiger charge is -2.33. The van der Waals surface area contributed by atoms with Crippen molar-refractivity contribution in [2.24, 2.45) is 13.0 Å². The highest BCUT2D eigenvalue weighted by Crippen LogP contribution is 2.30. The van der Waals surface area contributed by atoms with Crippen molar-refractivity contribution in [2.45, 2.75) is 59.1 Å².